The van der Waals surface area contributed by atoms with E-state index in [9.17, 15) is 0 Å². The molecule has 1 aromatic rings. The fraction of sp³-hybridized carbons (Fsp3) is 0.579. The van der Waals surface area contributed by atoms with Crippen molar-refractivity contribution >= 4 is 8.07 Å². The van der Waals surface area contributed by atoms with Crippen LogP contribution in [0.1, 0.15) is 58.4 Å². The highest BCUT2D eigenvalue weighted by Crippen LogP contribution is 2.35. The van der Waals surface area contributed by atoms with Gasteiger partial charge in [0.15, 0.2) is 0 Å². The molecule has 0 aliphatic carbocycles. The van der Waals surface area contributed by atoms with Crippen molar-refractivity contribution in [3.8, 4) is 11.5 Å². The van der Waals surface area contributed by atoms with Gasteiger partial charge in [-0.2, -0.15) is 0 Å². The van der Waals surface area contributed by atoms with Gasteiger partial charge in [-0.3, -0.25) is 0 Å². The van der Waals surface area contributed by atoms with E-state index < -0.39 is 8.07 Å². The van der Waals surface area contributed by atoms with Gasteiger partial charge in [0.1, 0.15) is 8.07 Å². The van der Waals surface area contributed by atoms with Crippen LogP contribution in [0.4, 0.5) is 0 Å². The quantitative estimate of drug-likeness (QED) is 0.469. The molecule has 1 atom stereocenters. The van der Waals surface area contributed by atoms with Gasteiger partial charge in [0, 0.05) is 5.92 Å². The molecule has 0 saturated heterocycles. The van der Waals surface area contributed by atoms with Gasteiger partial charge < -0.3 is 0 Å². The lowest BCUT2D eigenvalue weighted by atomic mass is 9.95. The van der Waals surface area contributed by atoms with Gasteiger partial charge in [-0.25, -0.2) is 0 Å². The van der Waals surface area contributed by atoms with Gasteiger partial charge in [-0.1, -0.05) is 84.0 Å². The van der Waals surface area contributed by atoms with Crippen molar-refractivity contribution in [3.63, 3.8) is 0 Å². The molecule has 1 heteroatoms. The Morgan fingerprint density at radius 1 is 1.10 bits per heavy atom. The van der Waals surface area contributed by atoms with Crippen LogP contribution in [0.3, 0.4) is 0 Å². The van der Waals surface area contributed by atoms with Crippen LogP contribution >= 0.6 is 0 Å². The SMILES string of the molecule is CCCCC(C#C[Si](C)(C)C(C)(C)C)c1ccccc1. The largest absolute Gasteiger partial charge is 0.137 e. The summed E-state index contributed by atoms with van der Waals surface area (Å²) in [4.78, 5) is 0. The van der Waals surface area contributed by atoms with Crippen molar-refractivity contribution in [2.45, 2.75) is 71.0 Å². The first-order valence-electron chi connectivity index (χ1n) is 7.85. The normalized spacial score (nSPS) is 13.5. The maximum Gasteiger partial charge on any atom is 0.137 e. The first-order valence-corrected chi connectivity index (χ1v) is 10.9. The van der Waals surface area contributed by atoms with Crippen LogP contribution < -0.4 is 0 Å². The first-order chi connectivity index (χ1) is 9.28. The van der Waals surface area contributed by atoms with E-state index >= 15 is 0 Å². The van der Waals surface area contributed by atoms with Crippen molar-refractivity contribution in [2.75, 3.05) is 0 Å². The van der Waals surface area contributed by atoms with E-state index in [1.54, 1.807) is 0 Å². The van der Waals surface area contributed by atoms with E-state index in [-0.39, 0.29) is 0 Å². The molecule has 20 heavy (non-hydrogen) atoms. The second-order valence-electron chi connectivity index (χ2n) is 7.25. The predicted octanol–water partition coefficient (Wildman–Crippen LogP) is 6.01. The molecule has 0 aromatic heterocycles. The minimum Gasteiger partial charge on any atom is -0.131 e. The van der Waals surface area contributed by atoms with E-state index in [0.29, 0.717) is 11.0 Å². The van der Waals surface area contributed by atoms with Crippen LogP contribution in [0.5, 0.6) is 0 Å². The number of rotatable bonds is 4. The Labute approximate surface area is 127 Å². The van der Waals surface area contributed by atoms with Gasteiger partial charge >= 0.3 is 0 Å². The molecule has 0 fully saturated rings. The van der Waals surface area contributed by atoms with Crippen molar-refractivity contribution in [1.82, 2.24) is 0 Å². The highest BCUT2D eigenvalue weighted by molar-refractivity contribution is 6.87. The third-order valence-corrected chi connectivity index (χ3v) is 9.00. The zero-order chi connectivity index (χ0) is 15.2. The molecule has 1 unspecified atom stereocenters. The Balaban J connectivity index is 2.98. The van der Waals surface area contributed by atoms with Crippen molar-refractivity contribution in [3.05, 3.63) is 35.9 Å². The molecule has 0 saturated carbocycles. The van der Waals surface area contributed by atoms with E-state index in [1.807, 2.05) is 0 Å². The molecular formula is C19H30Si. The minimum atomic E-state index is -1.50. The smallest absolute Gasteiger partial charge is 0.131 e. The Hall–Kier alpha value is -1.00. The summed E-state index contributed by atoms with van der Waals surface area (Å²) in [5.74, 6) is 4.04. The van der Waals surface area contributed by atoms with Gasteiger partial charge in [0.2, 0.25) is 0 Å². The van der Waals surface area contributed by atoms with Crippen LogP contribution in [0.2, 0.25) is 18.1 Å². The second kappa shape index (κ2) is 7.13. The van der Waals surface area contributed by atoms with Crippen LogP contribution in [0.15, 0.2) is 30.3 Å². The monoisotopic (exact) mass is 286 g/mol. The summed E-state index contributed by atoms with van der Waals surface area (Å²) >= 11 is 0. The second-order valence-corrected chi connectivity index (χ2v) is 12.2. The molecule has 110 valence electrons. The lowest BCUT2D eigenvalue weighted by molar-refractivity contribution is 0.675. The maximum absolute atomic E-state index is 3.70. The number of unbranched alkanes of at least 4 members (excludes halogenated alkanes) is 1. The predicted molar refractivity (Wildman–Crippen MR) is 93.7 cm³/mol. The van der Waals surface area contributed by atoms with E-state index in [4.69, 9.17) is 0 Å². The molecule has 0 radical (unpaired) electrons. The van der Waals surface area contributed by atoms with Crippen LogP contribution in [-0.2, 0) is 0 Å². The number of hydrogen-bond donors (Lipinski definition) is 0. The Morgan fingerprint density at radius 2 is 1.70 bits per heavy atom. The third kappa shape index (κ3) is 4.83. The minimum absolute atomic E-state index is 0.339. The summed E-state index contributed by atoms with van der Waals surface area (Å²) in [7, 11) is -1.50. The van der Waals surface area contributed by atoms with Crippen molar-refractivity contribution in [2.24, 2.45) is 0 Å². The summed E-state index contributed by atoms with van der Waals surface area (Å²) in [6.07, 6.45) is 3.68. The van der Waals surface area contributed by atoms with Crippen molar-refractivity contribution < 1.29 is 0 Å². The average Bonchev–Trinajstić information content (AvgIpc) is 2.38. The van der Waals surface area contributed by atoms with Gasteiger partial charge in [-0.05, 0) is 17.0 Å². The lowest BCUT2D eigenvalue weighted by Crippen LogP contribution is -2.35. The summed E-state index contributed by atoms with van der Waals surface area (Å²) in [6, 6.07) is 10.8. The van der Waals surface area contributed by atoms with Crippen LogP contribution in [0.25, 0.3) is 0 Å². The maximum atomic E-state index is 3.70. The molecule has 0 bridgehead atoms. The Morgan fingerprint density at radius 3 is 2.20 bits per heavy atom. The van der Waals surface area contributed by atoms with E-state index in [2.05, 4.69) is 82.6 Å². The molecule has 0 heterocycles. The van der Waals surface area contributed by atoms with Crippen LogP contribution in [0, 0.1) is 11.5 Å². The van der Waals surface area contributed by atoms with Crippen molar-refractivity contribution in [1.29, 1.82) is 0 Å². The lowest BCUT2D eigenvalue weighted by Gasteiger charge is -2.31. The fourth-order valence-corrected chi connectivity index (χ4v) is 2.78. The summed E-state index contributed by atoms with van der Waals surface area (Å²) in [5.41, 5.74) is 5.08. The molecule has 1 aromatic carbocycles. The van der Waals surface area contributed by atoms with E-state index in [0.717, 1.165) is 0 Å². The van der Waals surface area contributed by atoms with E-state index in [1.165, 1.54) is 24.8 Å². The standard InChI is InChI=1S/C19H30Si/c1-7-8-12-18(17-13-10-9-11-14-17)15-16-20(5,6)19(2,3)4/h9-11,13-14,18H,7-8,12H2,1-6H3. The van der Waals surface area contributed by atoms with Gasteiger partial charge in [0.05, 0.1) is 0 Å². The molecule has 1 rings (SSSR count). The summed E-state index contributed by atoms with van der Waals surface area (Å²) in [5, 5.41) is 0.339. The van der Waals surface area contributed by atoms with Gasteiger partial charge in [-0.15, -0.1) is 11.5 Å². The highest BCUT2D eigenvalue weighted by atomic mass is 28.3. The average molecular weight is 287 g/mol. The molecular weight excluding hydrogens is 256 g/mol. The fourth-order valence-electron chi connectivity index (χ4n) is 1.87. The summed E-state index contributed by atoms with van der Waals surface area (Å²) < 4.78 is 0. The van der Waals surface area contributed by atoms with Gasteiger partial charge in [0.25, 0.3) is 0 Å². The number of hydrogen-bond acceptors (Lipinski definition) is 0. The number of benzene rings is 1. The Kier molecular flexibility index (Phi) is 6.08. The topological polar surface area (TPSA) is 0 Å². The highest BCUT2D eigenvalue weighted by Gasteiger charge is 2.33. The summed E-state index contributed by atoms with van der Waals surface area (Å²) in [6.45, 7) is 14.0. The molecule has 0 spiro atoms. The zero-order valence-corrected chi connectivity index (χ0v) is 15.1. The molecule has 0 N–H and O–H groups in total. The third-order valence-electron chi connectivity index (χ3n) is 4.48. The Bertz CT molecular complexity index is 454. The molecule has 0 aliphatic rings. The molecule has 0 aliphatic heterocycles. The zero-order valence-electron chi connectivity index (χ0n) is 14.1. The first kappa shape index (κ1) is 17.0. The van der Waals surface area contributed by atoms with Crippen LogP contribution in [-0.4, -0.2) is 8.07 Å². The molecule has 0 amide bonds. The molecule has 0 nitrogen and oxygen atoms in total.